The van der Waals surface area contributed by atoms with Gasteiger partial charge in [0.1, 0.15) is 11.6 Å². The number of hydrogen-bond donors (Lipinski definition) is 1. The maximum Gasteiger partial charge on any atom is 0.158 e. The molecular formula is C24H23FN6. The van der Waals surface area contributed by atoms with Gasteiger partial charge in [-0.05, 0) is 37.1 Å². The van der Waals surface area contributed by atoms with Crippen LogP contribution in [0.3, 0.4) is 0 Å². The molecule has 2 aromatic heterocycles. The number of benzene rings is 1. The zero-order chi connectivity index (χ0) is 21.8. The Balaban J connectivity index is 1.74. The standard InChI is InChI=1S/C24H23FN6/c1-17(28-21-13-20(25)15-27-16-21)31-11-4-3-10-30(2)23-9-8-22(29-24(23)31)19-7-5-6-18(12-19)14-26/h5-9,12-13,15-16,28H,1,3-4,10-11H2,2H3. The predicted octanol–water partition coefficient (Wildman–Crippen LogP) is 4.77. The Bertz CT molecular complexity index is 1150. The van der Waals surface area contributed by atoms with E-state index in [0.29, 0.717) is 17.1 Å². The molecule has 0 amide bonds. The molecule has 0 radical (unpaired) electrons. The Morgan fingerprint density at radius 3 is 2.81 bits per heavy atom. The predicted molar refractivity (Wildman–Crippen MR) is 121 cm³/mol. The normalized spacial score (nSPS) is 13.6. The van der Waals surface area contributed by atoms with E-state index >= 15 is 0 Å². The van der Waals surface area contributed by atoms with Crippen molar-refractivity contribution >= 4 is 17.2 Å². The van der Waals surface area contributed by atoms with Crippen molar-refractivity contribution < 1.29 is 4.39 Å². The monoisotopic (exact) mass is 414 g/mol. The van der Waals surface area contributed by atoms with E-state index in [1.807, 2.05) is 42.3 Å². The van der Waals surface area contributed by atoms with Gasteiger partial charge in [-0.25, -0.2) is 9.37 Å². The third-order valence-corrected chi connectivity index (χ3v) is 5.25. The van der Waals surface area contributed by atoms with Crippen LogP contribution < -0.4 is 15.1 Å². The summed E-state index contributed by atoms with van der Waals surface area (Å²) in [7, 11) is 2.05. The summed E-state index contributed by atoms with van der Waals surface area (Å²) in [5, 5.41) is 12.4. The third-order valence-electron chi connectivity index (χ3n) is 5.25. The Labute approximate surface area is 181 Å². The molecule has 7 heteroatoms. The molecular weight excluding hydrogens is 391 g/mol. The van der Waals surface area contributed by atoms with Crippen molar-refractivity contribution in [2.45, 2.75) is 12.8 Å². The van der Waals surface area contributed by atoms with Gasteiger partial charge in [0.05, 0.1) is 41.1 Å². The summed E-state index contributed by atoms with van der Waals surface area (Å²) in [4.78, 5) is 13.1. The Morgan fingerprint density at radius 1 is 1.16 bits per heavy atom. The molecule has 0 fully saturated rings. The van der Waals surface area contributed by atoms with Crippen molar-refractivity contribution in [3.05, 3.63) is 78.6 Å². The number of anilines is 3. The Hall–Kier alpha value is -3.92. The molecule has 0 saturated heterocycles. The van der Waals surface area contributed by atoms with Gasteiger partial charge in [-0.2, -0.15) is 5.26 Å². The summed E-state index contributed by atoms with van der Waals surface area (Å²) in [5.74, 6) is 0.951. The van der Waals surface area contributed by atoms with E-state index in [1.165, 1.54) is 6.07 Å². The van der Waals surface area contributed by atoms with Crippen LogP contribution in [-0.2, 0) is 0 Å². The lowest BCUT2D eigenvalue weighted by Crippen LogP contribution is -2.33. The summed E-state index contributed by atoms with van der Waals surface area (Å²) >= 11 is 0. The molecule has 31 heavy (non-hydrogen) atoms. The molecule has 3 heterocycles. The van der Waals surface area contributed by atoms with Crippen LogP contribution in [0.4, 0.5) is 21.6 Å². The fraction of sp³-hybridized carbons (Fsp3) is 0.208. The molecule has 6 nitrogen and oxygen atoms in total. The Morgan fingerprint density at radius 2 is 2.00 bits per heavy atom. The quantitative estimate of drug-likeness (QED) is 0.663. The minimum Gasteiger partial charge on any atom is -0.372 e. The van der Waals surface area contributed by atoms with Crippen LogP contribution in [0.2, 0.25) is 0 Å². The number of nitrogens with zero attached hydrogens (tertiary/aromatic N) is 5. The number of pyridine rings is 2. The van der Waals surface area contributed by atoms with Gasteiger partial charge in [0, 0.05) is 31.8 Å². The van der Waals surface area contributed by atoms with Gasteiger partial charge in [-0.1, -0.05) is 18.7 Å². The highest BCUT2D eigenvalue weighted by Crippen LogP contribution is 2.34. The molecule has 1 aromatic carbocycles. The fourth-order valence-corrected chi connectivity index (χ4v) is 3.67. The summed E-state index contributed by atoms with van der Waals surface area (Å²) in [6.45, 7) is 5.85. The fourth-order valence-electron chi connectivity index (χ4n) is 3.67. The first kappa shape index (κ1) is 20.4. The second-order valence-electron chi connectivity index (χ2n) is 7.48. The van der Waals surface area contributed by atoms with Crippen molar-refractivity contribution in [1.82, 2.24) is 9.97 Å². The van der Waals surface area contributed by atoms with Gasteiger partial charge in [0.15, 0.2) is 5.82 Å². The van der Waals surface area contributed by atoms with E-state index in [1.54, 1.807) is 12.3 Å². The molecule has 156 valence electrons. The second kappa shape index (κ2) is 8.84. The number of nitriles is 1. The van der Waals surface area contributed by atoms with Crippen molar-refractivity contribution in [2.75, 3.05) is 35.3 Å². The van der Waals surface area contributed by atoms with Crippen molar-refractivity contribution in [3.8, 4) is 17.3 Å². The van der Waals surface area contributed by atoms with Gasteiger partial charge in [0.25, 0.3) is 0 Å². The first-order chi connectivity index (χ1) is 15.0. The molecule has 4 rings (SSSR count). The van der Waals surface area contributed by atoms with Crippen LogP contribution in [0.25, 0.3) is 11.3 Å². The van der Waals surface area contributed by atoms with E-state index in [-0.39, 0.29) is 0 Å². The molecule has 0 saturated carbocycles. The number of rotatable bonds is 4. The SMILES string of the molecule is C=C(Nc1cncc(F)c1)N1CCCCN(C)c2ccc(-c3cccc(C#N)c3)nc21. The number of aromatic nitrogens is 2. The van der Waals surface area contributed by atoms with E-state index in [2.05, 4.69) is 27.8 Å². The van der Waals surface area contributed by atoms with Gasteiger partial charge >= 0.3 is 0 Å². The zero-order valence-electron chi connectivity index (χ0n) is 17.3. The molecule has 0 aliphatic carbocycles. The van der Waals surface area contributed by atoms with Crippen LogP contribution in [0.1, 0.15) is 18.4 Å². The summed E-state index contributed by atoms with van der Waals surface area (Å²) in [5.41, 5.74) is 3.75. The first-order valence-electron chi connectivity index (χ1n) is 10.1. The summed E-state index contributed by atoms with van der Waals surface area (Å²) in [6.07, 6.45) is 4.72. The molecule has 1 aliphatic heterocycles. The van der Waals surface area contributed by atoms with Gasteiger partial charge in [0.2, 0.25) is 0 Å². The lowest BCUT2D eigenvalue weighted by atomic mass is 10.1. The first-order valence-corrected chi connectivity index (χ1v) is 10.1. The van der Waals surface area contributed by atoms with Crippen LogP contribution in [0, 0.1) is 17.1 Å². The largest absolute Gasteiger partial charge is 0.372 e. The minimum atomic E-state index is -0.414. The van der Waals surface area contributed by atoms with Crippen LogP contribution in [0.15, 0.2) is 67.3 Å². The van der Waals surface area contributed by atoms with Crippen molar-refractivity contribution in [1.29, 1.82) is 5.26 Å². The highest BCUT2D eigenvalue weighted by Gasteiger charge is 2.22. The van der Waals surface area contributed by atoms with Gasteiger partial charge < -0.3 is 15.1 Å². The zero-order valence-corrected chi connectivity index (χ0v) is 17.3. The molecule has 0 unspecified atom stereocenters. The number of halogens is 1. The molecule has 1 N–H and O–H groups in total. The van der Waals surface area contributed by atoms with Crippen molar-refractivity contribution in [3.63, 3.8) is 0 Å². The number of hydrogen-bond acceptors (Lipinski definition) is 6. The average Bonchev–Trinajstić information content (AvgIpc) is 2.77. The van der Waals surface area contributed by atoms with Crippen molar-refractivity contribution in [2.24, 2.45) is 0 Å². The van der Waals surface area contributed by atoms with Gasteiger partial charge in [-0.15, -0.1) is 0 Å². The second-order valence-corrected chi connectivity index (χ2v) is 7.48. The number of fused-ring (bicyclic) bond motifs is 1. The van der Waals surface area contributed by atoms with E-state index in [0.717, 1.165) is 54.9 Å². The lowest BCUT2D eigenvalue weighted by molar-refractivity contribution is 0.622. The topological polar surface area (TPSA) is 68.1 Å². The van der Waals surface area contributed by atoms with E-state index < -0.39 is 5.82 Å². The molecule has 0 atom stereocenters. The Kier molecular flexibility index (Phi) is 5.80. The molecule has 0 spiro atoms. The smallest absolute Gasteiger partial charge is 0.158 e. The average molecular weight is 414 g/mol. The van der Waals surface area contributed by atoms with Crippen LogP contribution in [-0.4, -0.2) is 30.1 Å². The maximum absolute atomic E-state index is 13.6. The molecule has 0 bridgehead atoms. The van der Waals surface area contributed by atoms with Gasteiger partial charge in [-0.3, -0.25) is 4.98 Å². The lowest BCUT2D eigenvalue weighted by Gasteiger charge is -2.34. The molecule has 3 aromatic rings. The summed E-state index contributed by atoms with van der Waals surface area (Å²) < 4.78 is 13.6. The maximum atomic E-state index is 13.6. The molecule has 1 aliphatic rings. The number of nitrogens with one attached hydrogen (secondary N) is 1. The summed E-state index contributed by atoms with van der Waals surface area (Å²) in [6, 6.07) is 15.0. The third kappa shape index (κ3) is 4.48. The highest BCUT2D eigenvalue weighted by molar-refractivity contribution is 5.75. The van der Waals surface area contributed by atoms with Crippen LogP contribution >= 0.6 is 0 Å². The van der Waals surface area contributed by atoms with Crippen LogP contribution in [0.5, 0.6) is 0 Å². The van der Waals surface area contributed by atoms with E-state index in [9.17, 15) is 9.65 Å². The minimum absolute atomic E-state index is 0.414. The highest BCUT2D eigenvalue weighted by atomic mass is 19.1. The van der Waals surface area contributed by atoms with E-state index in [4.69, 9.17) is 4.98 Å².